The van der Waals surface area contributed by atoms with Crippen molar-refractivity contribution in [2.24, 2.45) is 7.05 Å². The number of carbonyl (C=O) groups is 1. The van der Waals surface area contributed by atoms with Crippen molar-refractivity contribution >= 4 is 21.8 Å². The summed E-state index contributed by atoms with van der Waals surface area (Å²) in [6.07, 6.45) is 2.82. The quantitative estimate of drug-likeness (QED) is 0.838. The molecule has 1 rings (SSSR count). The Bertz CT molecular complexity index is 396. The fraction of sp³-hybridized carbons (Fsp3) is 0.583. The average molecular weight is 287 g/mol. The molecule has 1 heterocycles. The molecule has 16 heavy (non-hydrogen) atoms. The Hall–Kier alpha value is -0.770. The van der Waals surface area contributed by atoms with Crippen LogP contribution in [0, 0.1) is 0 Å². The Kier molecular flexibility index (Phi) is 3.84. The zero-order valence-electron chi connectivity index (χ0n) is 10.5. The van der Waals surface area contributed by atoms with Gasteiger partial charge in [0.2, 0.25) is 0 Å². The number of nitrogens with zero attached hydrogens (tertiary/aromatic N) is 2. The van der Waals surface area contributed by atoms with Gasteiger partial charge in [-0.2, -0.15) is 0 Å². The molecule has 0 saturated heterocycles. The van der Waals surface area contributed by atoms with Crippen LogP contribution in [0.15, 0.2) is 16.7 Å². The van der Waals surface area contributed by atoms with Gasteiger partial charge in [-0.05, 0) is 42.3 Å². The number of carbonyl (C=O) groups excluding carboxylic acids is 1. The molecule has 0 aliphatic heterocycles. The maximum Gasteiger partial charge on any atom is 0.270 e. The molecule has 1 aromatic heterocycles. The van der Waals surface area contributed by atoms with Crippen LogP contribution in [0.25, 0.3) is 0 Å². The standard InChI is InChI=1S/C12H19BrN2O/c1-6-12(2,3)15(5)11(16)10-7-9(13)8-14(10)4/h7-8H,6H2,1-5H3. The first-order valence-electron chi connectivity index (χ1n) is 5.39. The van der Waals surface area contributed by atoms with Crippen LogP contribution in [0.4, 0.5) is 0 Å². The van der Waals surface area contributed by atoms with Crippen LogP contribution in [0.3, 0.4) is 0 Å². The topological polar surface area (TPSA) is 25.2 Å². The van der Waals surface area contributed by atoms with Crippen LogP contribution < -0.4 is 0 Å². The van der Waals surface area contributed by atoms with E-state index < -0.39 is 0 Å². The number of rotatable bonds is 3. The second-order valence-electron chi connectivity index (χ2n) is 4.68. The highest BCUT2D eigenvalue weighted by atomic mass is 79.9. The summed E-state index contributed by atoms with van der Waals surface area (Å²) >= 11 is 3.38. The highest BCUT2D eigenvalue weighted by Crippen LogP contribution is 2.21. The number of hydrogen-bond donors (Lipinski definition) is 0. The molecule has 0 aromatic carbocycles. The molecule has 0 spiro atoms. The third-order valence-corrected chi connectivity index (χ3v) is 3.70. The van der Waals surface area contributed by atoms with E-state index in [1.165, 1.54) is 0 Å². The molecule has 3 nitrogen and oxygen atoms in total. The normalized spacial score (nSPS) is 11.6. The summed E-state index contributed by atoms with van der Waals surface area (Å²) in [7, 11) is 3.73. The molecule has 0 atom stereocenters. The molecule has 0 aliphatic carbocycles. The Morgan fingerprint density at radius 1 is 1.56 bits per heavy atom. The lowest BCUT2D eigenvalue weighted by Crippen LogP contribution is -2.45. The third-order valence-electron chi connectivity index (χ3n) is 3.27. The molecular formula is C12H19BrN2O. The number of aromatic nitrogens is 1. The fourth-order valence-corrected chi connectivity index (χ4v) is 1.94. The lowest BCUT2D eigenvalue weighted by molar-refractivity contribution is 0.0610. The minimum atomic E-state index is -0.117. The van der Waals surface area contributed by atoms with Crippen LogP contribution in [-0.2, 0) is 7.05 Å². The van der Waals surface area contributed by atoms with Crippen molar-refractivity contribution in [3.05, 3.63) is 22.4 Å². The van der Waals surface area contributed by atoms with Gasteiger partial charge in [0.15, 0.2) is 0 Å². The van der Waals surface area contributed by atoms with E-state index in [0.29, 0.717) is 5.69 Å². The molecule has 90 valence electrons. The van der Waals surface area contributed by atoms with E-state index in [1.807, 2.05) is 30.9 Å². The molecule has 0 saturated carbocycles. The van der Waals surface area contributed by atoms with Crippen molar-refractivity contribution < 1.29 is 4.79 Å². The maximum atomic E-state index is 12.3. The van der Waals surface area contributed by atoms with Gasteiger partial charge in [0.1, 0.15) is 5.69 Å². The summed E-state index contributed by atoms with van der Waals surface area (Å²) in [6.45, 7) is 6.23. The zero-order chi connectivity index (χ0) is 12.5. The van der Waals surface area contributed by atoms with Crippen molar-refractivity contribution in [2.45, 2.75) is 32.7 Å². The highest BCUT2D eigenvalue weighted by Gasteiger charge is 2.27. The molecule has 0 bridgehead atoms. The van der Waals surface area contributed by atoms with E-state index in [2.05, 4.69) is 36.7 Å². The van der Waals surface area contributed by atoms with E-state index >= 15 is 0 Å². The van der Waals surface area contributed by atoms with E-state index in [1.54, 1.807) is 4.90 Å². The predicted octanol–water partition coefficient (Wildman–Crippen LogP) is 3.05. The zero-order valence-corrected chi connectivity index (χ0v) is 12.1. The van der Waals surface area contributed by atoms with Crippen LogP contribution >= 0.6 is 15.9 Å². The Morgan fingerprint density at radius 2 is 2.12 bits per heavy atom. The summed E-state index contributed by atoms with van der Waals surface area (Å²) in [5, 5.41) is 0. The van der Waals surface area contributed by atoms with Crippen molar-refractivity contribution in [1.82, 2.24) is 9.47 Å². The number of hydrogen-bond acceptors (Lipinski definition) is 1. The number of aryl methyl sites for hydroxylation is 1. The monoisotopic (exact) mass is 286 g/mol. The minimum absolute atomic E-state index is 0.0556. The van der Waals surface area contributed by atoms with Crippen molar-refractivity contribution in [2.75, 3.05) is 7.05 Å². The molecular weight excluding hydrogens is 268 g/mol. The number of halogens is 1. The highest BCUT2D eigenvalue weighted by molar-refractivity contribution is 9.10. The van der Waals surface area contributed by atoms with Gasteiger partial charge in [-0.25, -0.2) is 0 Å². The van der Waals surface area contributed by atoms with Crippen molar-refractivity contribution in [1.29, 1.82) is 0 Å². The van der Waals surface area contributed by atoms with Crippen molar-refractivity contribution in [3.63, 3.8) is 0 Å². The van der Waals surface area contributed by atoms with Crippen LogP contribution in [0.1, 0.15) is 37.7 Å². The SMILES string of the molecule is CCC(C)(C)N(C)C(=O)c1cc(Br)cn1C. The van der Waals surface area contributed by atoms with E-state index in [-0.39, 0.29) is 11.4 Å². The second-order valence-corrected chi connectivity index (χ2v) is 5.60. The van der Waals surface area contributed by atoms with Gasteiger partial charge in [-0.15, -0.1) is 0 Å². The van der Waals surface area contributed by atoms with Gasteiger partial charge in [0.05, 0.1) is 0 Å². The summed E-state index contributed by atoms with van der Waals surface area (Å²) in [6, 6.07) is 1.85. The maximum absolute atomic E-state index is 12.3. The Labute approximate surface area is 106 Å². The van der Waals surface area contributed by atoms with Gasteiger partial charge in [0, 0.05) is 30.3 Å². The van der Waals surface area contributed by atoms with Crippen LogP contribution in [0.5, 0.6) is 0 Å². The molecule has 1 aromatic rings. The lowest BCUT2D eigenvalue weighted by Gasteiger charge is -2.34. The Balaban J connectivity index is 2.99. The summed E-state index contributed by atoms with van der Waals surface area (Å²) in [5.41, 5.74) is 0.587. The van der Waals surface area contributed by atoms with Crippen LogP contribution in [-0.4, -0.2) is 28.0 Å². The van der Waals surface area contributed by atoms with Gasteiger partial charge < -0.3 is 9.47 Å². The fourth-order valence-electron chi connectivity index (χ4n) is 1.42. The third kappa shape index (κ3) is 2.48. The molecule has 1 amide bonds. The molecule has 0 aliphatic rings. The van der Waals surface area contributed by atoms with E-state index in [9.17, 15) is 4.79 Å². The molecule has 0 fully saturated rings. The van der Waals surface area contributed by atoms with Gasteiger partial charge in [0.25, 0.3) is 5.91 Å². The van der Waals surface area contributed by atoms with E-state index in [0.717, 1.165) is 10.9 Å². The first kappa shape index (κ1) is 13.3. The second kappa shape index (κ2) is 4.62. The minimum Gasteiger partial charge on any atom is -0.345 e. The smallest absolute Gasteiger partial charge is 0.270 e. The van der Waals surface area contributed by atoms with Gasteiger partial charge >= 0.3 is 0 Å². The molecule has 0 radical (unpaired) electrons. The molecule has 0 N–H and O–H groups in total. The molecule has 4 heteroatoms. The predicted molar refractivity (Wildman–Crippen MR) is 69.6 cm³/mol. The van der Waals surface area contributed by atoms with Crippen molar-refractivity contribution in [3.8, 4) is 0 Å². The van der Waals surface area contributed by atoms with E-state index in [4.69, 9.17) is 0 Å². The van der Waals surface area contributed by atoms with Crippen LogP contribution in [0.2, 0.25) is 0 Å². The summed E-state index contributed by atoms with van der Waals surface area (Å²) < 4.78 is 2.77. The van der Waals surface area contributed by atoms with Gasteiger partial charge in [-0.1, -0.05) is 6.92 Å². The largest absolute Gasteiger partial charge is 0.345 e. The lowest BCUT2D eigenvalue weighted by atomic mass is 9.99. The van der Waals surface area contributed by atoms with Gasteiger partial charge in [-0.3, -0.25) is 4.79 Å². The summed E-state index contributed by atoms with van der Waals surface area (Å²) in [5.74, 6) is 0.0556. The first-order chi connectivity index (χ1) is 7.29. The Morgan fingerprint density at radius 3 is 2.50 bits per heavy atom. The summed E-state index contributed by atoms with van der Waals surface area (Å²) in [4.78, 5) is 14.1. The first-order valence-corrected chi connectivity index (χ1v) is 6.19. The molecule has 0 unspecified atom stereocenters. The average Bonchev–Trinajstić information content (AvgIpc) is 2.55. The number of amides is 1.